The first-order chi connectivity index (χ1) is 6.81. The Hall–Kier alpha value is -0.290. The summed E-state index contributed by atoms with van der Waals surface area (Å²) in [4.78, 5) is 0.0514. The highest BCUT2D eigenvalue weighted by atomic mass is 35.6. The number of hydrogen-bond donors (Lipinski definition) is 0. The Morgan fingerprint density at radius 2 is 1.67 bits per heavy atom. The molecule has 0 N–H and O–H groups in total. The van der Waals surface area contributed by atoms with Crippen LogP contribution in [0.2, 0.25) is 0 Å². The van der Waals surface area contributed by atoms with E-state index in [4.69, 9.17) is 34.8 Å². The van der Waals surface area contributed by atoms with Crippen LogP contribution in [0.5, 0.6) is 0 Å². The number of hydrogen-bond acceptors (Lipinski definition) is 2. The lowest BCUT2D eigenvalue weighted by molar-refractivity contribution is 0.598. The van der Waals surface area contributed by atoms with E-state index in [1.807, 2.05) is 0 Å². The van der Waals surface area contributed by atoms with Crippen LogP contribution in [0.1, 0.15) is 0 Å². The van der Waals surface area contributed by atoms with Crippen molar-refractivity contribution in [3.63, 3.8) is 0 Å². The van der Waals surface area contributed by atoms with Crippen molar-refractivity contribution < 1.29 is 8.42 Å². The molecule has 0 unspecified atom stereocenters. The van der Waals surface area contributed by atoms with Crippen LogP contribution in [-0.4, -0.2) is 18.4 Å². The molecule has 0 bridgehead atoms. The van der Waals surface area contributed by atoms with Crippen molar-refractivity contribution in [1.29, 1.82) is 0 Å². The van der Waals surface area contributed by atoms with Crippen LogP contribution in [0.25, 0.3) is 0 Å². The molecule has 0 amide bonds. The second-order valence-corrected chi connectivity index (χ2v) is 6.57. The topological polar surface area (TPSA) is 46.5 Å². The Kier molecular flexibility index (Phi) is 4.00. The zero-order valence-corrected chi connectivity index (χ0v) is 10.4. The molecule has 15 heavy (non-hydrogen) atoms. The summed E-state index contributed by atoms with van der Waals surface area (Å²) in [6.07, 6.45) is 0.750. The highest BCUT2D eigenvalue weighted by Gasteiger charge is 2.19. The molecule has 0 aliphatic carbocycles. The Morgan fingerprint density at radius 1 is 1.13 bits per heavy atom. The van der Waals surface area contributed by atoms with Crippen LogP contribution < -0.4 is 0 Å². The molecule has 0 spiro atoms. The summed E-state index contributed by atoms with van der Waals surface area (Å²) in [6.45, 7) is 0. The Labute approximate surface area is 103 Å². The quantitative estimate of drug-likeness (QED) is 0.620. The highest BCUT2D eigenvalue weighted by Crippen LogP contribution is 2.24. The van der Waals surface area contributed by atoms with Gasteiger partial charge in [0.2, 0.25) is 3.79 Å². The number of halogens is 3. The average molecular weight is 287 g/mol. The predicted octanol–water partition coefficient (Wildman–Crippen LogP) is 2.82. The molecular formula is C8H6Cl3NO2S. The minimum Gasteiger partial charge on any atom is -0.199 e. The second kappa shape index (κ2) is 4.70. The molecule has 0 heterocycles. The van der Waals surface area contributed by atoms with Gasteiger partial charge in [-0.3, -0.25) is 0 Å². The van der Waals surface area contributed by atoms with Crippen molar-refractivity contribution in [3.05, 3.63) is 30.3 Å². The van der Waals surface area contributed by atoms with Crippen LogP contribution in [0.15, 0.2) is 39.6 Å². The summed E-state index contributed by atoms with van der Waals surface area (Å²) in [5, 5.41) is 0. The minimum atomic E-state index is -3.78. The maximum absolute atomic E-state index is 11.5. The summed E-state index contributed by atoms with van der Waals surface area (Å²) in [5.41, 5.74) is 0. The normalized spacial score (nSPS) is 13.3. The van der Waals surface area contributed by atoms with Crippen molar-refractivity contribution in [1.82, 2.24) is 0 Å². The van der Waals surface area contributed by atoms with Crippen LogP contribution in [0.4, 0.5) is 0 Å². The van der Waals surface area contributed by atoms with Gasteiger partial charge in [-0.25, -0.2) is 0 Å². The van der Waals surface area contributed by atoms with E-state index in [9.17, 15) is 8.42 Å². The maximum Gasteiger partial charge on any atom is 0.282 e. The van der Waals surface area contributed by atoms with Gasteiger partial charge in [-0.05, 0) is 12.1 Å². The first-order valence-corrected chi connectivity index (χ1v) is 6.32. The van der Waals surface area contributed by atoms with Gasteiger partial charge < -0.3 is 0 Å². The molecule has 0 aliphatic rings. The zero-order valence-electron chi connectivity index (χ0n) is 7.27. The van der Waals surface area contributed by atoms with Crippen molar-refractivity contribution in [2.75, 3.05) is 0 Å². The molecule has 7 heteroatoms. The molecule has 0 fully saturated rings. The first kappa shape index (κ1) is 12.8. The summed E-state index contributed by atoms with van der Waals surface area (Å²) in [5.74, 6) is 0. The van der Waals surface area contributed by atoms with Crippen molar-refractivity contribution in [2.24, 2.45) is 4.40 Å². The molecule has 0 atom stereocenters. The van der Waals surface area contributed by atoms with Gasteiger partial charge in [0.05, 0.1) is 11.1 Å². The molecule has 1 aromatic rings. The zero-order chi connectivity index (χ0) is 11.5. The number of nitrogens with zero attached hydrogens (tertiary/aromatic N) is 1. The average Bonchev–Trinajstić information content (AvgIpc) is 2.16. The SMILES string of the molecule is O=S(=O)(N=CC(Cl)(Cl)Cl)c1ccccc1. The Bertz CT molecular complexity index is 451. The first-order valence-electron chi connectivity index (χ1n) is 3.74. The number of sulfonamides is 1. The molecule has 82 valence electrons. The molecule has 1 rings (SSSR count). The molecule has 0 saturated carbocycles. The van der Waals surface area contributed by atoms with E-state index < -0.39 is 13.8 Å². The maximum atomic E-state index is 11.5. The van der Waals surface area contributed by atoms with E-state index >= 15 is 0 Å². The van der Waals surface area contributed by atoms with Gasteiger partial charge in [0, 0.05) is 0 Å². The highest BCUT2D eigenvalue weighted by molar-refractivity contribution is 7.90. The summed E-state index contributed by atoms with van der Waals surface area (Å²) in [7, 11) is -3.78. The van der Waals surface area contributed by atoms with Gasteiger partial charge >= 0.3 is 0 Å². The van der Waals surface area contributed by atoms with Crippen LogP contribution in [-0.2, 0) is 10.0 Å². The summed E-state index contributed by atoms with van der Waals surface area (Å²) >= 11 is 16.0. The fourth-order valence-electron chi connectivity index (χ4n) is 0.782. The summed E-state index contributed by atoms with van der Waals surface area (Å²) in [6, 6.07) is 7.67. The van der Waals surface area contributed by atoms with E-state index in [0.717, 1.165) is 6.21 Å². The predicted molar refractivity (Wildman–Crippen MR) is 62.4 cm³/mol. The molecular weight excluding hydrogens is 281 g/mol. The fraction of sp³-hybridized carbons (Fsp3) is 0.125. The van der Waals surface area contributed by atoms with Crippen LogP contribution in [0, 0.1) is 0 Å². The largest absolute Gasteiger partial charge is 0.282 e. The van der Waals surface area contributed by atoms with Gasteiger partial charge in [0.1, 0.15) is 0 Å². The van der Waals surface area contributed by atoms with Gasteiger partial charge in [-0.15, -0.1) is 0 Å². The molecule has 0 radical (unpaired) electrons. The summed E-state index contributed by atoms with van der Waals surface area (Å²) < 4.78 is 24.4. The third-order valence-electron chi connectivity index (χ3n) is 1.38. The smallest absolute Gasteiger partial charge is 0.199 e. The molecule has 0 aromatic heterocycles. The lowest BCUT2D eigenvalue weighted by Crippen LogP contribution is -2.06. The second-order valence-electron chi connectivity index (χ2n) is 2.56. The third-order valence-corrected chi connectivity index (χ3v) is 2.92. The van der Waals surface area contributed by atoms with E-state index in [1.165, 1.54) is 12.1 Å². The number of alkyl halides is 3. The van der Waals surface area contributed by atoms with E-state index in [2.05, 4.69) is 4.40 Å². The van der Waals surface area contributed by atoms with Gasteiger partial charge in [0.25, 0.3) is 10.0 Å². The lowest BCUT2D eigenvalue weighted by atomic mass is 10.4. The monoisotopic (exact) mass is 285 g/mol. The van der Waals surface area contributed by atoms with E-state index in [-0.39, 0.29) is 4.90 Å². The molecule has 0 aliphatic heterocycles. The van der Waals surface area contributed by atoms with Crippen LogP contribution >= 0.6 is 34.8 Å². The van der Waals surface area contributed by atoms with Gasteiger partial charge in [-0.2, -0.15) is 12.8 Å². The van der Waals surface area contributed by atoms with E-state index in [0.29, 0.717) is 0 Å². The molecule has 0 saturated heterocycles. The lowest BCUT2D eigenvalue weighted by Gasteiger charge is -2.02. The van der Waals surface area contributed by atoms with Crippen molar-refractivity contribution in [3.8, 4) is 0 Å². The van der Waals surface area contributed by atoms with Gasteiger partial charge in [-0.1, -0.05) is 53.0 Å². The van der Waals surface area contributed by atoms with E-state index in [1.54, 1.807) is 18.2 Å². The van der Waals surface area contributed by atoms with Crippen molar-refractivity contribution >= 4 is 51.0 Å². The Morgan fingerprint density at radius 3 is 2.13 bits per heavy atom. The van der Waals surface area contributed by atoms with Crippen molar-refractivity contribution in [2.45, 2.75) is 8.69 Å². The standard InChI is InChI=1S/C8H6Cl3NO2S/c9-8(10,11)6-12-15(13,14)7-4-2-1-3-5-7/h1-6H. The molecule has 1 aromatic carbocycles. The number of rotatable bonds is 2. The molecule has 3 nitrogen and oxygen atoms in total. The third kappa shape index (κ3) is 4.38. The van der Waals surface area contributed by atoms with Crippen LogP contribution in [0.3, 0.4) is 0 Å². The number of benzene rings is 1. The Balaban J connectivity index is 3.01. The minimum absolute atomic E-state index is 0.0514. The van der Waals surface area contributed by atoms with Gasteiger partial charge in [0.15, 0.2) is 0 Å². The fourth-order valence-corrected chi connectivity index (χ4v) is 2.02.